The average molecular weight is 322 g/mol. The third-order valence-electron chi connectivity index (χ3n) is 2.44. The Morgan fingerprint density at radius 2 is 2.11 bits per heavy atom. The van der Waals surface area contributed by atoms with E-state index < -0.39 is 0 Å². The van der Waals surface area contributed by atoms with Crippen LogP contribution in [0.2, 0.25) is 0 Å². The largest absolute Gasteiger partial charge is 0.380 e. The maximum Gasteiger partial charge on any atom is 0.188 e. The fourth-order valence-corrected chi connectivity index (χ4v) is 3.03. The van der Waals surface area contributed by atoms with Crippen molar-refractivity contribution in [2.75, 3.05) is 5.73 Å². The van der Waals surface area contributed by atoms with Gasteiger partial charge in [0, 0.05) is 6.20 Å². The summed E-state index contributed by atoms with van der Waals surface area (Å²) in [7, 11) is 0. The number of nitrogen functional groups attached to an aromatic ring is 1. The molecule has 0 unspecified atom stereocenters. The molecular formula is C12H8BrN3OS. The van der Waals surface area contributed by atoms with Gasteiger partial charge in [0.2, 0.25) is 0 Å². The van der Waals surface area contributed by atoms with Crippen LogP contribution in [0.15, 0.2) is 44.8 Å². The molecule has 0 aliphatic heterocycles. The summed E-state index contributed by atoms with van der Waals surface area (Å²) in [6.45, 7) is 0. The Morgan fingerprint density at radius 1 is 1.22 bits per heavy atom. The number of hydrogen-bond donors (Lipinski definition) is 1. The van der Waals surface area contributed by atoms with Crippen molar-refractivity contribution in [3.63, 3.8) is 0 Å². The maximum atomic E-state index is 5.87. The number of nitrogens with zero attached hydrogens (tertiary/aromatic N) is 2. The first-order valence-electron chi connectivity index (χ1n) is 5.18. The normalized spacial score (nSPS) is 10.7. The molecule has 3 heterocycles. The van der Waals surface area contributed by atoms with Crippen LogP contribution in [0.3, 0.4) is 0 Å². The molecule has 3 aromatic heterocycles. The van der Waals surface area contributed by atoms with Gasteiger partial charge in [-0.1, -0.05) is 11.2 Å². The molecule has 3 rings (SSSR count). The van der Waals surface area contributed by atoms with Crippen LogP contribution in [0.25, 0.3) is 21.9 Å². The van der Waals surface area contributed by atoms with Gasteiger partial charge in [-0.15, -0.1) is 11.3 Å². The minimum Gasteiger partial charge on any atom is -0.380 e. The fourth-order valence-electron chi connectivity index (χ4n) is 1.67. The van der Waals surface area contributed by atoms with Crippen molar-refractivity contribution in [1.29, 1.82) is 0 Å². The summed E-state index contributed by atoms with van der Waals surface area (Å²) in [5, 5.41) is 3.83. The lowest BCUT2D eigenvalue weighted by Crippen LogP contribution is -1.90. The highest BCUT2D eigenvalue weighted by Crippen LogP contribution is 2.39. The van der Waals surface area contributed by atoms with E-state index in [4.69, 9.17) is 10.3 Å². The lowest BCUT2D eigenvalue weighted by Gasteiger charge is -1.99. The van der Waals surface area contributed by atoms with E-state index in [9.17, 15) is 0 Å². The van der Waals surface area contributed by atoms with Gasteiger partial charge in [0.25, 0.3) is 0 Å². The van der Waals surface area contributed by atoms with E-state index in [-0.39, 0.29) is 0 Å². The van der Waals surface area contributed by atoms with Crippen LogP contribution in [0.5, 0.6) is 0 Å². The zero-order chi connectivity index (χ0) is 12.5. The Labute approximate surface area is 116 Å². The molecule has 4 nitrogen and oxygen atoms in total. The highest BCUT2D eigenvalue weighted by Gasteiger charge is 2.19. The van der Waals surface area contributed by atoms with Crippen molar-refractivity contribution in [3.05, 3.63) is 40.3 Å². The number of hydrogen-bond acceptors (Lipinski definition) is 5. The molecule has 0 spiro atoms. The quantitative estimate of drug-likeness (QED) is 0.779. The van der Waals surface area contributed by atoms with Crippen molar-refractivity contribution < 1.29 is 4.52 Å². The molecule has 0 aliphatic carbocycles. The second kappa shape index (κ2) is 4.55. The lowest BCUT2D eigenvalue weighted by molar-refractivity contribution is 0.437. The van der Waals surface area contributed by atoms with Crippen LogP contribution in [-0.2, 0) is 0 Å². The molecule has 0 aromatic carbocycles. The van der Waals surface area contributed by atoms with Crippen molar-refractivity contribution in [2.24, 2.45) is 0 Å². The molecule has 0 amide bonds. The lowest BCUT2D eigenvalue weighted by atomic mass is 10.1. The van der Waals surface area contributed by atoms with E-state index in [1.54, 1.807) is 17.5 Å². The fraction of sp³-hybridized carbons (Fsp3) is 0. The molecule has 3 aromatic rings. The van der Waals surface area contributed by atoms with Crippen LogP contribution < -0.4 is 5.73 Å². The molecule has 0 bridgehead atoms. The van der Waals surface area contributed by atoms with E-state index in [1.807, 2.05) is 30.3 Å². The number of rotatable bonds is 2. The van der Waals surface area contributed by atoms with Gasteiger partial charge in [0.1, 0.15) is 0 Å². The van der Waals surface area contributed by atoms with Gasteiger partial charge in [-0.3, -0.25) is 4.98 Å². The Bertz CT molecular complexity index is 678. The molecule has 18 heavy (non-hydrogen) atoms. The Hall–Kier alpha value is -1.66. The Balaban J connectivity index is 2.18. The zero-order valence-corrected chi connectivity index (χ0v) is 11.5. The van der Waals surface area contributed by atoms with Gasteiger partial charge in [0.05, 0.1) is 19.9 Å². The van der Waals surface area contributed by atoms with Crippen molar-refractivity contribution >= 4 is 33.1 Å². The smallest absolute Gasteiger partial charge is 0.188 e. The standard InChI is InChI=1S/C12H8BrN3OS/c13-9-5-4-8(18-9)11-10(12(14)16-17-11)7-3-1-2-6-15-7/h1-6H,(H2,14,16). The molecule has 0 aliphatic rings. The molecule has 0 saturated heterocycles. The Kier molecular flexibility index (Phi) is 2.89. The SMILES string of the molecule is Nc1noc(-c2ccc(Br)s2)c1-c1ccccn1. The average Bonchev–Trinajstić information content (AvgIpc) is 2.96. The molecule has 0 radical (unpaired) electrons. The van der Waals surface area contributed by atoms with E-state index in [2.05, 4.69) is 26.1 Å². The van der Waals surface area contributed by atoms with E-state index >= 15 is 0 Å². The first-order valence-corrected chi connectivity index (χ1v) is 6.79. The van der Waals surface area contributed by atoms with Crippen molar-refractivity contribution in [2.45, 2.75) is 0 Å². The van der Waals surface area contributed by atoms with Crippen LogP contribution in [0, 0.1) is 0 Å². The highest BCUT2D eigenvalue weighted by molar-refractivity contribution is 9.11. The number of nitrogens with two attached hydrogens (primary N) is 1. The highest BCUT2D eigenvalue weighted by atomic mass is 79.9. The second-order valence-electron chi connectivity index (χ2n) is 3.59. The van der Waals surface area contributed by atoms with Crippen molar-refractivity contribution in [3.8, 4) is 21.9 Å². The first-order chi connectivity index (χ1) is 8.75. The van der Waals surface area contributed by atoms with Gasteiger partial charge >= 0.3 is 0 Å². The van der Waals surface area contributed by atoms with Crippen molar-refractivity contribution in [1.82, 2.24) is 10.1 Å². The van der Waals surface area contributed by atoms with Gasteiger partial charge in [-0.2, -0.15) is 0 Å². The first kappa shape index (κ1) is 11.4. The Morgan fingerprint density at radius 3 is 2.78 bits per heavy atom. The van der Waals surface area contributed by atoms with E-state index in [0.717, 1.165) is 19.9 Å². The van der Waals surface area contributed by atoms with E-state index in [0.29, 0.717) is 11.6 Å². The predicted octanol–water partition coefficient (Wildman–Crippen LogP) is 3.81. The summed E-state index contributed by atoms with van der Waals surface area (Å²) < 4.78 is 6.35. The summed E-state index contributed by atoms with van der Waals surface area (Å²) in [4.78, 5) is 5.25. The summed E-state index contributed by atoms with van der Waals surface area (Å²) in [6.07, 6.45) is 1.72. The van der Waals surface area contributed by atoms with Gasteiger partial charge < -0.3 is 10.3 Å². The topological polar surface area (TPSA) is 64.9 Å². The number of anilines is 1. The third-order valence-corrected chi connectivity index (χ3v) is 4.06. The minimum absolute atomic E-state index is 0.355. The molecule has 0 fully saturated rings. The molecule has 2 N–H and O–H groups in total. The molecule has 90 valence electrons. The second-order valence-corrected chi connectivity index (χ2v) is 6.05. The summed E-state index contributed by atoms with van der Waals surface area (Å²) >= 11 is 4.99. The van der Waals surface area contributed by atoms with Crippen LogP contribution in [0.1, 0.15) is 0 Å². The molecule has 0 atom stereocenters. The summed E-state index contributed by atoms with van der Waals surface area (Å²) in [6, 6.07) is 9.56. The van der Waals surface area contributed by atoms with Crippen LogP contribution in [0.4, 0.5) is 5.82 Å². The predicted molar refractivity (Wildman–Crippen MR) is 75.2 cm³/mol. The number of aromatic nitrogens is 2. The van der Waals surface area contributed by atoms with Crippen LogP contribution in [-0.4, -0.2) is 10.1 Å². The number of halogens is 1. The van der Waals surface area contributed by atoms with Gasteiger partial charge in [-0.05, 0) is 40.2 Å². The zero-order valence-electron chi connectivity index (χ0n) is 9.13. The molecule has 6 heteroatoms. The minimum atomic E-state index is 0.355. The maximum absolute atomic E-state index is 5.87. The van der Waals surface area contributed by atoms with Gasteiger partial charge in [0.15, 0.2) is 11.6 Å². The van der Waals surface area contributed by atoms with E-state index in [1.165, 1.54) is 0 Å². The summed E-state index contributed by atoms with van der Waals surface area (Å²) in [5.74, 6) is 1.01. The molecule has 0 saturated carbocycles. The monoisotopic (exact) mass is 321 g/mol. The van der Waals surface area contributed by atoms with Crippen LogP contribution >= 0.6 is 27.3 Å². The third kappa shape index (κ3) is 1.93. The summed E-state index contributed by atoms with van der Waals surface area (Å²) in [5.41, 5.74) is 7.37. The number of thiophene rings is 1. The number of pyridine rings is 1. The van der Waals surface area contributed by atoms with Gasteiger partial charge in [-0.25, -0.2) is 0 Å². The molecular weight excluding hydrogens is 314 g/mol.